The first-order chi connectivity index (χ1) is 9.69. The molecule has 5 heteroatoms. The van der Waals surface area contributed by atoms with Gasteiger partial charge in [-0.3, -0.25) is 5.84 Å². The van der Waals surface area contributed by atoms with Gasteiger partial charge in [0.1, 0.15) is 11.8 Å². The number of rotatable bonds is 3. The van der Waals surface area contributed by atoms with E-state index in [-0.39, 0.29) is 17.4 Å². The van der Waals surface area contributed by atoms with Crippen LogP contribution in [-0.4, -0.2) is 0 Å². The topological polar surface area (TPSA) is 51.2 Å². The Morgan fingerprint density at radius 3 is 2.55 bits per heavy atom. The maximum absolute atomic E-state index is 13.7. The summed E-state index contributed by atoms with van der Waals surface area (Å²) in [5.74, 6) is 5.85. The summed E-state index contributed by atoms with van der Waals surface area (Å²) in [4.78, 5) is 0. The number of hydrogen-bond acceptors (Lipinski definition) is 3. The van der Waals surface area contributed by atoms with Gasteiger partial charge in [0.05, 0.1) is 0 Å². The lowest BCUT2D eigenvalue weighted by Gasteiger charge is -2.13. The van der Waals surface area contributed by atoms with Crippen molar-refractivity contribution in [3.05, 3.63) is 69.2 Å². The molecule has 20 heavy (non-hydrogen) atoms. The highest BCUT2D eigenvalue weighted by Gasteiger charge is 2.18. The molecule has 2 aromatic carbocycles. The van der Waals surface area contributed by atoms with Gasteiger partial charge in [0.25, 0.3) is 0 Å². The summed E-state index contributed by atoms with van der Waals surface area (Å²) >= 11 is 2.24. The number of para-hydroxylation sites is 1. The Morgan fingerprint density at radius 2 is 1.90 bits per heavy atom. The standard InChI is InChI=1S/C15H12FIN2O/c16-12-3-1-2-10-8-13(20-15(10)12)14(19-18)9-4-6-11(17)7-5-9/h1-8,14,19H,18H2. The van der Waals surface area contributed by atoms with Crippen LogP contribution in [0.15, 0.2) is 52.9 Å². The Kier molecular flexibility index (Phi) is 3.73. The van der Waals surface area contributed by atoms with Crippen LogP contribution in [-0.2, 0) is 0 Å². The molecule has 3 aromatic rings. The van der Waals surface area contributed by atoms with Crippen molar-refractivity contribution in [1.29, 1.82) is 0 Å². The second-order valence-electron chi connectivity index (χ2n) is 4.46. The van der Waals surface area contributed by atoms with Gasteiger partial charge >= 0.3 is 0 Å². The van der Waals surface area contributed by atoms with Crippen LogP contribution in [0.3, 0.4) is 0 Å². The highest BCUT2D eigenvalue weighted by Crippen LogP contribution is 2.29. The number of hydrazine groups is 1. The van der Waals surface area contributed by atoms with E-state index in [2.05, 4.69) is 28.0 Å². The Hall–Kier alpha value is -1.44. The van der Waals surface area contributed by atoms with Gasteiger partial charge in [-0.1, -0.05) is 24.3 Å². The van der Waals surface area contributed by atoms with Crippen molar-refractivity contribution in [2.45, 2.75) is 6.04 Å². The van der Waals surface area contributed by atoms with E-state index in [0.717, 1.165) is 14.5 Å². The predicted octanol–water partition coefficient (Wildman–Crippen LogP) is 3.73. The SMILES string of the molecule is NNC(c1ccc(I)cc1)c1cc2cccc(F)c2o1. The van der Waals surface area contributed by atoms with E-state index >= 15 is 0 Å². The molecule has 3 rings (SSSR count). The third-order valence-corrected chi connectivity index (χ3v) is 3.89. The van der Waals surface area contributed by atoms with Crippen LogP contribution >= 0.6 is 22.6 Å². The molecule has 0 radical (unpaired) electrons. The smallest absolute Gasteiger partial charge is 0.169 e. The maximum Gasteiger partial charge on any atom is 0.169 e. The van der Waals surface area contributed by atoms with E-state index < -0.39 is 0 Å². The van der Waals surface area contributed by atoms with Crippen LogP contribution in [0.5, 0.6) is 0 Å². The zero-order valence-electron chi connectivity index (χ0n) is 10.4. The first-order valence-corrected chi connectivity index (χ1v) is 7.16. The Balaban J connectivity index is 2.07. The third kappa shape index (κ3) is 2.44. The summed E-state index contributed by atoms with van der Waals surface area (Å²) in [5, 5.41) is 0.728. The van der Waals surface area contributed by atoms with Gasteiger partial charge in [-0.2, -0.15) is 0 Å². The zero-order valence-corrected chi connectivity index (χ0v) is 12.6. The van der Waals surface area contributed by atoms with Crippen LogP contribution in [0.1, 0.15) is 17.4 Å². The molecule has 102 valence electrons. The van der Waals surface area contributed by atoms with Crippen molar-refractivity contribution < 1.29 is 8.81 Å². The molecule has 0 fully saturated rings. The molecule has 1 atom stereocenters. The Bertz CT molecular complexity index is 739. The average molecular weight is 382 g/mol. The van der Waals surface area contributed by atoms with Crippen molar-refractivity contribution in [2.75, 3.05) is 0 Å². The molecule has 1 heterocycles. The van der Waals surface area contributed by atoms with Crippen molar-refractivity contribution in [2.24, 2.45) is 5.84 Å². The molecule has 0 saturated heterocycles. The van der Waals surface area contributed by atoms with Crippen LogP contribution in [0.25, 0.3) is 11.0 Å². The van der Waals surface area contributed by atoms with E-state index in [1.54, 1.807) is 12.1 Å². The molecule has 0 saturated carbocycles. The monoisotopic (exact) mass is 382 g/mol. The number of nitrogens with one attached hydrogen (secondary N) is 1. The van der Waals surface area contributed by atoms with Crippen LogP contribution in [0.4, 0.5) is 4.39 Å². The molecule has 3 N–H and O–H groups in total. The molecule has 0 bridgehead atoms. The fourth-order valence-electron chi connectivity index (χ4n) is 2.19. The minimum atomic E-state index is -0.368. The number of furan rings is 1. The van der Waals surface area contributed by atoms with E-state index in [9.17, 15) is 4.39 Å². The van der Waals surface area contributed by atoms with E-state index in [1.807, 2.05) is 30.3 Å². The largest absolute Gasteiger partial charge is 0.456 e. The number of halogens is 2. The molecule has 3 nitrogen and oxygen atoms in total. The molecular weight excluding hydrogens is 370 g/mol. The van der Waals surface area contributed by atoms with Crippen LogP contribution in [0, 0.1) is 9.39 Å². The molecule has 1 unspecified atom stereocenters. The molecule has 0 amide bonds. The number of fused-ring (bicyclic) bond motifs is 1. The minimum Gasteiger partial charge on any atom is -0.456 e. The van der Waals surface area contributed by atoms with Gasteiger partial charge in [0.2, 0.25) is 0 Å². The highest BCUT2D eigenvalue weighted by atomic mass is 127. The minimum absolute atomic E-state index is 0.258. The van der Waals surface area contributed by atoms with E-state index in [0.29, 0.717) is 5.76 Å². The molecule has 0 aliphatic rings. The number of nitrogens with two attached hydrogens (primary N) is 1. The van der Waals surface area contributed by atoms with Crippen LogP contribution < -0.4 is 11.3 Å². The third-order valence-electron chi connectivity index (χ3n) is 3.17. The highest BCUT2D eigenvalue weighted by molar-refractivity contribution is 14.1. The first-order valence-electron chi connectivity index (χ1n) is 6.08. The zero-order chi connectivity index (χ0) is 14.1. The van der Waals surface area contributed by atoms with E-state index in [1.165, 1.54) is 6.07 Å². The first kappa shape index (κ1) is 13.5. The molecule has 1 aromatic heterocycles. The van der Waals surface area contributed by atoms with Crippen molar-refractivity contribution in [1.82, 2.24) is 5.43 Å². The second-order valence-corrected chi connectivity index (χ2v) is 5.70. The lowest BCUT2D eigenvalue weighted by molar-refractivity contribution is 0.465. The van der Waals surface area contributed by atoms with Gasteiger partial charge in [0, 0.05) is 8.96 Å². The molecule has 0 aliphatic carbocycles. The van der Waals surface area contributed by atoms with Gasteiger partial charge in [-0.05, 0) is 52.4 Å². The average Bonchev–Trinajstić information content (AvgIpc) is 2.87. The fraction of sp³-hybridized carbons (Fsp3) is 0.0667. The Morgan fingerprint density at radius 1 is 1.15 bits per heavy atom. The van der Waals surface area contributed by atoms with Gasteiger partial charge in [0.15, 0.2) is 11.4 Å². The Labute approximate surface area is 129 Å². The lowest BCUT2D eigenvalue weighted by Crippen LogP contribution is -2.28. The van der Waals surface area contributed by atoms with E-state index in [4.69, 9.17) is 10.3 Å². The summed E-state index contributed by atoms with van der Waals surface area (Å²) in [6.45, 7) is 0. The van der Waals surface area contributed by atoms with Crippen molar-refractivity contribution >= 4 is 33.6 Å². The summed E-state index contributed by atoms with van der Waals surface area (Å²) in [6, 6.07) is 14.3. The van der Waals surface area contributed by atoms with Crippen LogP contribution in [0.2, 0.25) is 0 Å². The number of hydrogen-bond donors (Lipinski definition) is 2. The quantitative estimate of drug-likeness (QED) is 0.412. The summed E-state index contributed by atoms with van der Waals surface area (Å²) in [6.07, 6.45) is 0. The normalized spacial score (nSPS) is 12.8. The summed E-state index contributed by atoms with van der Waals surface area (Å²) < 4.78 is 20.4. The summed E-state index contributed by atoms with van der Waals surface area (Å²) in [7, 11) is 0. The van der Waals surface area contributed by atoms with Gasteiger partial charge < -0.3 is 4.42 Å². The number of benzene rings is 2. The maximum atomic E-state index is 13.7. The van der Waals surface area contributed by atoms with Gasteiger partial charge in [-0.15, -0.1) is 0 Å². The summed E-state index contributed by atoms with van der Waals surface area (Å²) in [5.41, 5.74) is 3.94. The van der Waals surface area contributed by atoms with Gasteiger partial charge in [-0.25, -0.2) is 9.82 Å². The molecular formula is C15H12FIN2O. The molecule has 0 aliphatic heterocycles. The molecule has 0 spiro atoms. The predicted molar refractivity (Wildman–Crippen MR) is 84.5 cm³/mol. The van der Waals surface area contributed by atoms with Crippen molar-refractivity contribution in [3.8, 4) is 0 Å². The second kappa shape index (κ2) is 5.51. The fourth-order valence-corrected chi connectivity index (χ4v) is 2.55. The lowest BCUT2D eigenvalue weighted by atomic mass is 10.1. The van der Waals surface area contributed by atoms with Crippen molar-refractivity contribution in [3.63, 3.8) is 0 Å².